The lowest BCUT2D eigenvalue weighted by Crippen LogP contribution is -2.49. The van der Waals surface area contributed by atoms with Crippen LogP contribution in [0.4, 0.5) is 0 Å². The van der Waals surface area contributed by atoms with E-state index in [2.05, 4.69) is 53.6 Å². The minimum atomic E-state index is -0.221. The van der Waals surface area contributed by atoms with Gasteiger partial charge in [0.25, 0.3) is 5.91 Å². The minimum Gasteiger partial charge on any atom is -0.336 e. The number of benzene rings is 2. The van der Waals surface area contributed by atoms with Gasteiger partial charge in [-0.2, -0.15) is 5.10 Å². The maximum atomic E-state index is 13.2. The molecule has 4 rings (SSSR count). The summed E-state index contributed by atoms with van der Waals surface area (Å²) in [5.41, 5.74) is 2.71. The zero-order valence-corrected chi connectivity index (χ0v) is 16.1. The summed E-state index contributed by atoms with van der Waals surface area (Å²) < 4.78 is 1.56. The minimum absolute atomic E-state index is 0.0593. The first-order valence-electron chi connectivity index (χ1n) is 9.20. The van der Waals surface area contributed by atoms with Gasteiger partial charge in [0.15, 0.2) is 0 Å². The standard InChI is InChI=1S/C22H22ClN3O/c1-25-20(19(23)15-24-25)21(27)26-14-8-13-22(16-26,17-9-4-2-5-10-17)18-11-6-3-7-12-18/h2-7,9-12,15H,8,13-14,16H2,1H3. The molecule has 27 heavy (non-hydrogen) atoms. The van der Waals surface area contributed by atoms with Crippen molar-refractivity contribution in [3.63, 3.8) is 0 Å². The summed E-state index contributed by atoms with van der Waals surface area (Å²) in [5, 5.41) is 4.52. The highest BCUT2D eigenvalue weighted by Gasteiger charge is 2.40. The molecule has 1 aliphatic rings. The number of aromatic nitrogens is 2. The summed E-state index contributed by atoms with van der Waals surface area (Å²) in [6, 6.07) is 21.0. The quantitative estimate of drug-likeness (QED) is 0.680. The second-order valence-corrected chi connectivity index (χ2v) is 7.52. The van der Waals surface area contributed by atoms with E-state index in [1.54, 1.807) is 11.7 Å². The molecule has 0 spiro atoms. The molecule has 0 atom stereocenters. The molecule has 0 bridgehead atoms. The van der Waals surface area contributed by atoms with Crippen LogP contribution in [-0.2, 0) is 12.5 Å². The molecule has 1 aliphatic heterocycles. The Morgan fingerprint density at radius 1 is 1.04 bits per heavy atom. The van der Waals surface area contributed by atoms with Crippen LogP contribution in [0.1, 0.15) is 34.5 Å². The van der Waals surface area contributed by atoms with Crippen molar-refractivity contribution in [1.82, 2.24) is 14.7 Å². The molecule has 0 aliphatic carbocycles. The number of carbonyl (C=O) groups excluding carboxylic acids is 1. The fourth-order valence-electron chi connectivity index (χ4n) is 4.18. The van der Waals surface area contributed by atoms with E-state index >= 15 is 0 Å². The van der Waals surface area contributed by atoms with Crippen molar-refractivity contribution in [2.45, 2.75) is 18.3 Å². The predicted octanol–water partition coefficient (Wildman–Crippen LogP) is 4.30. The smallest absolute Gasteiger partial charge is 0.273 e. The molecule has 1 aromatic heterocycles. The summed E-state index contributed by atoms with van der Waals surface area (Å²) >= 11 is 6.23. The maximum absolute atomic E-state index is 13.2. The van der Waals surface area contributed by atoms with Crippen molar-refractivity contribution >= 4 is 17.5 Å². The molecule has 1 fully saturated rings. The fraction of sp³-hybridized carbons (Fsp3) is 0.273. The predicted molar refractivity (Wildman–Crippen MR) is 107 cm³/mol. The van der Waals surface area contributed by atoms with Gasteiger partial charge in [0.05, 0.1) is 11.2 Å². The highest BCUT2D eigenvalue weighted by molar-refractivity contribution is 6.33. The highest BCUT2D eigenvalue weighted by atomic mass is 35.5. The number of hydrogen-bond donors (Lipinski definition) is 0. The maximum Gasteiger partial charge on any atom is 0.273 e. The van der Waals surface area contributed by atoms with Crippen molar-refractivity contribution in [1.29, 1.82) is 0 Å². The summed E-state index contributed by atoms with van der Waals surface area (Å²) in [5.74, 6) is -0.0593. The summed E-state index contributed by atoms with van der Waals surface area (Å²) in [4.78, 5) is 15.2. The Morgan fingerprint density at radius 2 is 1.63 bits per heavy atom. The van der Waals surface area contributed by atoms with Crippen LogP contribution in [0.2, 0.25) is 5.02 Å². The van der Waals surface area contributed by atoms with Gasteiger partial charge in [-0.05, 0) is 24.0 Å². The van der Waals surface area contributed by atoms with Gasteiger partial charge in [-0.1, -0.05) is 72.3 Å². The van der Waals surface area contributed by atoms with Crippen LogP contribution in [-0.4, -0.2) is 33.7 Å². The number of piperidine rings is 1. The molecule has 3 aromatic rings. The van der Waals surface area contributed by atoms with Crippen LogP contribution in [0.3, 0.4) is 0 Å². The van der Waals surface area contributed by atoms with Gasteiger partial charge in [-0.25, -0.2) is 0 Å². The third-order valence-electron chi connectivity index (χ3n) is 5.53. The molecule has 1 amide bonds. The lowest BCUT2D eigenvalue weighted by atomic mass is 9.69. The molecule has 4 nitrogen and oxygen atoms in total. The Labute approximate surface area is 164 Å². The van der Waals surface area contributed by atoms with Gasteiger partial charge in [0.2, 0.25) is 0 Å². The molecule has 5 heteroatoms. The van der Waals surface area contributed by atoms with Crippen LogP contribution in [0.5, 0.6) is 0 Å². The van der Waals surface area contributed by atoms with E-state index in [1.807, 2.05) is 17.0 Å². The average molecular weight is 380 g/mol. The number of halogens is 1. The number of nitrogens with zero attached hydrogens (tertiary/aromatic N) is 3. The van der Waals surface area contributed by atoms with Crippen LogP contribution in [0.25, 0.3) is 0 Å². The normalized spacial score (nSPS) is 16.3. The molecule has 2 aromatic carbocycles. The van der Waals surface area contributed by atoms with E-state index in [0.29, 0.717) is 17.3 Å². The first-order valence-corrected chi connectivity index (χ1v) is 9.57. The van der Waals surface area contributed by atoms with E-state index < -0.39 is 0 Å². The monoisotopic (exact) mass is 379 g/mol. The van der Waals surface area contributed by atoms with Crippen molar-refractivity contribution in [3.05, 3.63) is 88.7 Å². The van der Waals surface area contributed by atoms with E-state index in [0.717, 1.165) is 19.4 Å². The molecule has 0 saturated carbocycles. The zero-order valence-electron chi connectivity index (χ0n) is 15.3. The Kier molecular flexibility index (Phi) is 4.75. The Hall–Kier alpha value is -2.59. The van der Waals surface area contributed by atoms with Crippen LogP contribution >= 0.6 is 11.6 Å². The van der Waals surface area contributed by atoms with E-state index in [9.17, 15) is 4.79 Å². The van der Waals surface area contributed by atoms with Gasteiger partial charge >= 0.3 is 0 Å². The SMILES string of the molecule is Cn1ncc(Cl)c1C(=O)N1CCCC(c2ccccc2)(c2ccccc2)C1. The first kappa shape index (κ1) is 17.8. The van der Waals surface area contributed by atoms with Gasteiger partial charge < -0.3 is 4.90 Å². The summed E-state index contributed by atoms with van der Waals surface area (Å²) in [7, 11) is 1.75. The number of amides is 1. The molecule has 0 N–H and O–H groups in total. The molecule has 0 unspecified atom stereocenters. The van der Waals surface area contributed by atoms with Crippen LogP contribution < -0.4 is 0 Å². The van der Waals surface area contributed by atoms with Crippen molar-refractivity contribution in [3.8, 4) is 0 Å². The largest absolute Gasteiger partial charge is 0.336 e. The molecule has 2 heterocycles. The fourth-order valence-corrected chi connectivity index (χ4v) is 4.43. The molecular weight excluding hydrogens is 358 g/mol. The van der Waals surface area contributed by atoms with E-state index in [1.165, 1.54) is 17.3 Å². The van der Waals surface area contributed by atoms with Gasteiger partial charge in [-0.3, -0.25) is 9.48 Å². The first-order chi connectivity index (χ1) is 13.1. The number of likely N-dealkylation sites (tertiary alicyclic amines) is 1. The van der Waals surface area contributed by atoms with Gasteiger partial charge in [0.1, 0.15) is 5.69 Å². The second kappa shape index (κ2) is 7.20. The third kappa shape index (κ3) is 3.15. The van der Waals surface area contributed by atoms with Crippen LogP contribution in [0, 0.1) is 0 Å². The van der Waals surface area contributed by atoms with E-state index in [-0.39, 0.29) is 11.3 Å². The van der Waals surface area contributed by atoms with Crippen molar-refractivity contribution in [2.24, 2.45) is 7.05 Å². The van der Waals surface area contributed by atoms with Crippen molar-refractivity contribution < 1.29 is 4.79 Å². The third-order valence-corrected chi connectivity index (χ3v) is 5.81. The summed E-state index contributed by atoms with van der Waals surface area (Å²) in [6.45, 7) is 1.35. The lowest BCUT2D eigenvalue weighted by Gasteiger charge is -2.44. The van der Waals surface area contributed by atoms with Crippen molar-refractivity contribution in [2.75, 3.05) is 13.1 Å². The molecule has 1 saturated heterocycles. The number of aryl methyl sites for hydroxylation is 1. The average Bonchev–Trinajstić information content (AvgIpc) is 3.07. The van der Waals surface area contributed by atoms with Gasteiger partial charge in [-0.15, -0.1) is 0 Å². The second-order valence-electron chi connectivity index (χ2n) is 7.11. The number of hydrogen-bond acceptors (Lipinski definition) is 2. The Balaban J connectivity index is 1.76. The van der Waals surface area contributed by atoms with Crippen LogP contribution in [0.15, 0.2) is 66.9 Å². The number of rotatable bonds is 3. The molecule has 0 radical (unpaired) electrons. The topological polar surface area (TPSA) is 38.1 Å². The zero-order chi connectivity index (χ0) is 18.9. The number of carbonyl (C=O) groups is 1. The highest BCUT2D eigenvalue weighted by Crippen LogP contribution is 2.40. The summed E-state index contributed by atoms with van der Waals surface area (Å²) in [6.07, 6.45) is 3.47. The van der Waals surface area contributed by atoms with E-state index in [4.69, 9.17) is 11.6 Å². The molecular formula is C22H22ClN3O. The lowest BCUT2D eigenvalue weighted by molar-refractivity contribution is 0.0655. The molecule has 138 valence electrons. The Morgan fingerprint density at radius 3 is 2.15 bits per heavy atom. The Bertz CT molecular complexity index is 878. The van der Waals surface area contributed by atoms with Gasteiger partial charge in [0, 0.05) is 25.6 Å².